The third-order valence-corrected chi connectivity index (χ3v) is 9.39. The fourth-order valence-electron chi connectivity index (χ4n) is 5.22. The monoisotopic (exact) mass is 535 g/mol. The molecule has 2 aromatic carbocycles. The number of nitrogens with zero attached hydrogens (tertiary/aromatic N) is 1. The molecule has 3 rings (SSSR count). The number of carbonyl (C=O) groups excluding carboxylic acids is 1. The average Bonchev–Trinajstić information content (AvgIpc) is 2.80. The molecule has 7 heteroatoms. The van der Waals surface area contributed by atoms with Gasteiger partial charge in [-0.2, -0.15) is 0 Å². The van der Waals surface area contributed by atoms with Gasteiger partial charge < -0.3 is 4.90 Å². The molecule has 0 aromatic heterocycles. The Balaban J connectivity index is 2.29. The van der Waals surface area contributed by atoms with E-state index >= 15 is 0 Å². The fraction of sp³-hybridized carbons (Fsp3) is 0.464. The van der Waals surface area contributed by atoms with Crippen LogP contribution in [-0.4, -0.2) is 36.8 Å². The number of piperidine rings is 1. The molecule has 0 aliphatic carbocycles. The van der Waals surface area contributed by atoms with Gasteiger partial charge in [-0.1, -0.05) is 81.2 Å². The van der Waals surface area contributed by atoms with Gasteiger partial charge in [-0.05, 0) is 54.2 Å². The molecule has 1 amide bonds. The minimum Gasteiger partial charge on any atom is -0.330 e. The van der Waals surface area contributed by atoms with Crippen molar-refractivity contribution in [1.82, 2.24) is 4.90 Å². The number of amides is 1. The van der Waals surface area contributed by atoms with E-state index in [-0.39, 0.29) is 35.3 Å². The summed E-state index contributed by atoms with van der Waals surface area (Å²) in [6, 6.07) is 14.4. The maximum absolute atomic E-state index is 14.3. The summed E-state index contributed by atoms with van der Waals surface area (Å²) < 4.78 is 25.7. The molecule has 1 heterocycles. The lowest BCUT2D eigenvalue weighted by molar-refractivity contribution is -0.155. The summed E-state index contributed by atoms with van der Waals surface area (Å²) in [5.41, 5.74) is 1.22. The molecule has 0 spiro atoms. The van der Waals surface area contributed by atoms with E-state index < -0.39 is 21.3 Å². The summed E-state index contributed by atoms with van der Waals surface area (Å²) in [7, 11) is -3.34. The van der Waals surface area contributed by atoms with Crippen molar-refractivity contribution in [2.24, 2.45) is 11.3 Å². The Morgan fingerprint density at radius 2 is 1.77 bits per heavy atom. The Morgan fingerprint density at radius 1 is 1.11 bits per heavy atom. The quantitative estimate of drug-likeness (QED) is 0.322. The van der Waals surface area contributed by atoms with Gasteiger partial charge in [0.1, 0.15) is 0 Å². The molecule has 1 saturated heterocycles. The Hall–Kier alpha value is -1.82. The van der Waals surface area contributed by atoms with Crippen LogP contribution in [0, 0.1) is 11.3 Å². The Bertz CT molecular complexity index is 1160. The summed E-state index contributed by atoms with van der Waals surface area (Å²) in [5, 5.41) is 1.23. The van der Waals surface area contributed by atoms with Crippen LogP contribution in [0.5, 0.6) is 0 Å². The minimum atomic E-state index is -3.34. The van der Waals surface area contributed by atoms with Crippen molar-refractivity contribution in [2.75, 3.05) is 11.5 Å². The van der Waals surface area contributed by atoms with E-state index in [0.717, 1.165) is 11.1 Å². The number of allylic oxidation sites excluding steroid dienone is 1. The molecular formula is C28H35Cl2NO3S. The largest absolute Gasteiger partial charge is 0.330 e. The van der Waals surface area contributed by atoms with E-state index in [1.165, 1.54) is 0 Å². The summed E-state index contributed by atoms with van der Waals surface area (Å²) in [6.07, 6.45) is 2.87. The highest BCUT2D eigenvalue weighted by molar-refractivity contribution is 7.91. The highest BCUT2D eigenvalue weighted by Gasteiger charge is 2.52. The number of rotatable bonds is 9. The van der Waals surface area contributed by atoms with Crippen LogP contribution in [0.25, 0.3) is 0 Å². The number of hydrogen-bond acceptors (Lipinski definition) is 3. The first-order chi connectivity index (χ1) is 16.4. The Morgan fingerprint density at radius 3 is 2.31 bits per heavy atom. The van der Waals surface area contributed by atoms with Crippen LogP contribution in [0.1, 0.15) is 63.6 Å². The Kier molecular flexibility index (Phi) is 8.77. The predicted molar refractivity (Wildman–Crippen MR) is 146 cm³/mol. The van der Waals surface area contributed by atoms with Crippen LogP contribution >= 0.6 is 23.2 Å². The van der Waals surface area contributed by atoms with Gasteiger partial charge in [-0.25, -0.2) is 8.42 Å². The average molecular weight is 537 g/mol. The lowest BCUT2D eigenvalue weighted by Gasteiger charge is -2.53. The number of sulfone groups is 1. The molecule has 190 valence electrons. The van der Waals surface area contributed by atoms with Crippen molar-refractivity contribution >= 4 is 38.9 Å². The number of halogens is 2. The normalized spacial score (nSPS) is 24.0. The minimum absolute atomic E-state index is 0.0332. The standard InChI is InChI=1S/C28H35Cl2NO3S/c1-6-15-28(5)17-24(21-9-8-10-23(30)16-21)26(20-11-13-22(29)14-12-20)31(27(28)32)25(19(3)4)18-35(33,34)7-2/h6,8-14,16,19,24-26H,1,7,15,17-18H2,2-5H3/t24-,25-,26?,28+/m1/s1. The van der Waals surface area contributed by atoms with Crippen molar-refractivity contribution in [3.8, 4) is 0 Å². The van der Waals surface area contributed by atoms with Crippen molar-refractivity contribution in [3.63, 3.8) is 0 Å². The molecular weight excluding hydrogens is 501 g/mol. The smallest absolute Gasteiger partial charge is 0.229 e. The molecule has 1 aliphatic rings. The van der Waals surface area contributed by atoms with Gasteiger partial charge in [0, 0.05) is 27.8 Å². The molecule has 0 N–H and O–H groups in total. The molecule has 0 radical (unpaired) electrons. The summed E-state index contributed by atoms with van der Waals surface area (Å²) >= 11 is 12.6. The van der Waals surface area contributed by atoms with Gasteiger partial charge in [-0.3, -0.25) is 4.79 Å². The van der Waals surface area contributed by atoms with Gasteiger partial charge in [-0.15, -0.1) is 6.58 Å². The van der Waals surface area contributed by atoms with E-state index in [0.29, 0.717) is 22.9 Å². The van der Waals surface area contributed by atoms with E-state index in [4.69, 9.17) is 23.2 Å². The Labute approximate surface area is 220 Å². The molecule has 1 aliphatic heterocycles. The molecule has 35 heavy (non-hydrogen) atoms. The molecule has 0 bridgehead atoms. The zero-order chi connectivity index (χ0) is 26.0. The lowest BCUT2D eigenvalue weighted by atomic mass is 9.67. The highest BCUT2D eigenvalue weighted by Crippen LogP contribution is 2.52. The fourth-order valence-corrected chi connectivity index (χ4v) is 6.85. The van der Waals surface area contributed by atoms with Crippen molar-refractivity contribution in [2.45, 2.75) is 58.5 Å². The van der Waals surface area contributed by atoms with E-state index in [2.05, 4.69) is 6.58 Å². The predicted octanol–water partition coefficient (Wildman–Crippen LogP) is 7.09. The van der Waals surface area contributed by atoms with Gasteiger partial charge in [0.15, 0.2) is 9.84 Å². The second-order valence-corrected chi connectivity index (χ2v) is 13.4. The molecule has 2 aromatic rings. The molecule has 4 nitrogen and oxygen atoms in total. The highest BCUT2D eigenvalue weighted by atomic mass is 35.5. The zero-order valence-electron chi connectivity index (χ0n) is 20.9. The number of hydrogen-bond donors (Lipinski definition) is 0. The SMILES string of the molecule is C=CC[C@@]1(C)C[C@H](c2cccc(Cl)c2)C(c2ccc(Cl)cc2)N([C@H](CS(=O)(=O)CC)C(C)C)C1=O. The molecule has 0 saturated carbocycles. The maximum atomic E-state index is 14.3. The zero-order valence-corrected chi connectivity index (χ0v) is 23.2. The topological polar surface area (TPSA) is 54.5 Å². The molecule has 1 unspecified atom stereocenters. The van der Waals surface area contributed by atoms with Crippen molar-refractivity contribution in [3.05, 3.63) is 82.4 Å². The first-order valence-corrected chi connectivity index (χ1v) is 14.6. The van der Waals surface area contributed by atoms with Gasteiger partial charge >= 0.3 is 0 Å². The van der Waals surface area contributed by atoms with Crippen molar-refractivity contribution < 1.29 is 13.2 Å². The number of benzene rings is 2. The van der Waals surface area contributed by atoms with Crippen LogP contribution in [0.4, 0.5) is 0 Å². The van der Waals surface area contributed by atoms with Crippen LogP contribution < -0.4 is 0 Å². The second-order valence-electron chi connectivity index (χ2n) is 10.1. The molecule has 4 atom stereocenters. The molecule has 1 fully saturated rings. The lowest BCUT2D eigenvalue weighted by Crippen LogP contribution is -2.58. The van der Waals surface area contributed by atoms with Gasteiger partial charge in [0.25, 0.3) is 0 Å². The van der Waals surface area contributed by atoms with Gasteiger partial charge in [0.05, 0.1) is 17.2 Å². The van der Waals surface area contributed by atoms with E-state index in [9.17, 15) is 13.2 Å². The summed E-state index contributed by atoms with van der Waals surface area (Å²) in [4.78, 5) is 16.1. The summed E-state index contributed by atoms with van der Waals surface area (Å²) in [5.74, 6) is -0.250. The maximum Gasteiger partial charge on any atom is 0.229 e. The first-order valence-electron chi connectivity index (χ1n) is 12.1. The third kappa shape index (κ3) is 6.12. The first kappa shape index (κ1) is 27.8. The van der Waals surface area contributed by atoms with Gasteiger partial charge in [0.2, 0.25) is 5.91 Å². The van der Waals surface area contributed by atoms with Crippen LogP contribution in [-0.2, 0) is 14.6 Å². The van der Waals surface area contributed by atoms with Crippen LogP contribution in [0.2, 0.25) is 10.0 Å². The van der Waals surface area contributed by atoms with E-state index in [1.807, 2.05) is 74.2 Å². The van der Waals surface area contributed by atoms with Crippen LogP contribution in [0.15, 0.2) is 61.2 Å². The van der Waals surface area contributed by atoms with Crippen LogP contribution in [0.3, 0.4) is 0 Å². The third-order valence-electron chi connectivity index (χ3n) is 7.18. The number of carbonyl (C=O) groups is 1. The summed E-state index contributed by atoms with van der Waals surface area (Å²) in [6.45, 7) is 11.5. The van der Waals surface area contributed by atoms with Crippen molar-refractivity contribution in [1.29, 1.82) is 0 Å². The second kappa shape index (κ2) is 11.1. The van der Waals surface area contributed by atoms with E-state index in [1.54, 1.807) is 13.0 Å². The number of likely N-dealkylation sites (tertiary alicyclic amines) is 1.